The lowest BCUT2D eigenvalue weighted by Crippen LogP contribution is -2.38. The maximum Gasteiger partial charge on any atom is 0.267 e. The molecule has 0 radical (unpaired) electrons. The van der Waals surface area contributed by atoms with Crippen molar-refractivity contribution in [2.45, 2.75) is 51.4 Å². The highest BCUT2D eigenvalue weighted by molar-refractivity contribution is 5.94. The molecule has 0 spiro atoms. The molecule has 5 rings (SSSR count). The van der Waals surface area contributed by atoms with Crippen LogP contribution < -0.4 is 5.56 Å². The zero-order chi connectivity index (χ0) is 22.9. The number of carbonyl (C=O) groups excluding carboxylic acids is 2. The van der Waals surface area contributed by atoms with Crippen molar-refractivity contribution in [2.75, 3.05) is 26.2 Å². The highest BCUT2D eigenvalue weighted by Gasteiger charge is 2.34. The highest BCUT2D eigenvalue weighted by Crippen LogP contribution is 2.31. The van der Waals surface area contributed by atoms with Gasteiger partial charge in [0.15, 0.2) is 0 Å². The number of H-pyrrole nitrogens is 1. The Bertz CT molecular complexity index is 1140. The van der Waals surface area contributed by atoms with Crippen molar-refractivity contribution >= 4 is 11.8 Å². The van der Waals surface area contributed by atoms with Crippen LogP contribution >= 0.6 is 0 Å². The molecule has 0 unspecified atom stereocenters. The molecule has 1 saturated carbocycles. The summed E-state index contributed by atoms with van der Waals surface area (Å²) in [6.45, 7) is 2.06. The predicted molar refractivity (Wildman–Crippen MR) is 121 cm³/mol. The van der Waals surface area contributed by atoms with Gasteiger partial charge in [-0.15, -0.1) is 0 Å². The summed E-state index contributed by atoms with van der Waals surface area (Å²) in [6.07, 6.45) is 6.64. The van der Waals surface area contributed by atoms with Crippen LogP contribution in [0.2, 0.25) is 0 Å². The number of fused-ring (bicyclic) bond motifs is 1. The van der Waals surface area contributed by atoms with Gasteiger partial charge in [-0.2, -0.15) is 5.10 Å². The first-order valence-electron chi connectivity index (χ1n) is 12.0. The van der Waals surface area contributed by atoms with E-state index in [1.165, 1.54) is 6.07 Å². The van der Waals surface area contributed by atoms with Crippen molar-refractivity contribution in [3.05, 3.63) is 62.3 Å². The summed E-state index contributed by atoms with van der Waals surface area (Å²) in [5.74, 6) is -0.537. The molecule has 1 aromatic heterocycles. The van der Waals surface area contributed by atoms with Crippen molar-refractivity contribution in [3.8, 4) is 0 Å². The fraction of sp³-hybridized carbons (Fsp3) is 0.520. The molecule has 2 aliphatic carbocycles. The summed E-state index contributed by atoms with van der Waals surface area (Å²) in [5, 5.41) is 6.86. The Balaban J connectivity index is 1.33. The number of aromatic amines is 1. The third kappa shape index (κ3) is 4.56. The van der Waals surface area contributed by atoms with Gasteiger partial charge in [-0.05, 0) is 68.2 Å². The second-order valence-corrected chi connectivity index (χ2v) is 9.40. The average molecular weight is 453 g/mol. The van der Waals surface area contributed by atoms with Gasteiger partial charge in [0.25, 0.3) is 11.5 Å². The van der Waals surface area contributed by atoms with Gasteiger partial charge in [0, 0.05) is 44.1 Å². The Kier molecular flexibility index (Phi) is 6.00. The quantitative estimate of drug-likeness (QED) is 0.772. The van der Waals surface area contributed by atoms with Crippen LogP contribution in [0.25, 0.3) is 0 Å². The number of nitrogens with zero attached hydrogens (tertiary/aromatic N) is 3. The van der Waals surface area contributed by atoms with Crippen LogP contribution in [0, 0.1) is 11.7 Å². The number of rotatable bonds is 4. The van der Waals surface area contributed by atoms with Crippen LogP contribution in [-0.2, 0) is 24.1 Å². The van der Waals surface area contributed by atoms with E-state index < -0.39 is 5.82 Å². The molecular weight excluding hydrogens is 423 g/mol. The minimum absolute atomic E-state index is 0.0489. The number of nitrogens with one attached hydrogen (secondary N) is 1. The van der Waals surface area contributed by atoms with Crippen LogP contribution in [0.5, 0.6) is 0 Å². The van der Waals surface area contributed by atoms with E-state index >= 15 is 0 Å². The zero-order valence-corrected chi connectivity index (χ0v) is 18.7. The molecule has 1 N–H and O–H groups in total. The standard InChI is InChI=1S/C25H29FN4O3/c26-21-9-6-16(15-22-18-4-1-2-5-19(18)23(31)28-27-22)14-20(21)25(33)30-11-3-10-29(12-13-30)24(32)17-7-8-17/h6,9,14,17H,1-5,7-8,10-13,15H2,(H,28,31). The second-order valence-electron chi connectivity index (χ2n) is 9.40. The molecule has 2 heterocycles. The first-order valence-corrected chi connectivity index (χ1v) is 12.0. The summed E-state index contributed by atoms with van der Waals surface area (Å²) >= 11 is 0. The average Bonchev–Trinajstić information content (AvgIpc) is 3.69. The van der Waals surface area contributed by atoms with Crippen LogP contribution in [0.15, 0.2) is 23.0 Å². The molecule has 1 saturated heterocycles. The van der Waals surface area contributed by atoms with Crippen LogP contribution in [-0.4, -0.2) is 58.0 Å². The van der Waals surface area contributed by atoms with Gasteiger partial charge in [-0.25, -0.2) is 9.49 Å². The third-order valence-corrected chi connectivity index (χ3v) is 7.04. The second kappa shape index (κ2) is 9.08. The third-order valence-electron chi connectivity index (χ3n) is 7.04. The highest BCUT2D eigenvalue weighted by atomic mass is 19.1. The molecule has 0 bridgehead atoms. The van der Waals surface area contributed by atoms with E-state index in [-0.39, 0.29) is 28.9 Å². The molecule has 174 valence electrons. The Morgan fingerprint density at radius 3 is 2.52 bits per heavy atom. The number of hydrogen-bond donors (Lipinski definition) is 1. The van der Waals surface area contributed by atoms with Crippen molar-refractivity contribution < 1.29 is 14.0 Å². The maximum absolute atomic E-state index is 14.7. The van der Waals surface area contributed by atoms with Crippen molar-refractivity contribution in [1.82, 2.24) is 20.0 Å². The van der Waals surface area contributed by atoms with E-state index in [1.54, 1.807) is 17.0 Å². The van der Waals surface area contributed by atoms with E-state index in [4.69, 9.17) is 0 Å². The van der Waals surface area contributed by atoms with E-state index in [1.807, 2.05) is 4.90 Å². The van der Waals surface area contributed by atoms with Crippen LogP contribution in [0.1, 0.15) is 64.8 Å². The Morgan fingerprint density at radius 1 is 1.00 bits per heavy atom. The normalized spacial score (nSPS) is 18.6. The van der Waals surface area contributed by atoms with Crippen molar-refractivity contribution in [1.29, 1.82) is 0 Å². The minimum Gasteiger partial charge on any atom is -0.341 e. The Labute approximate surface area is 192 Å². The number of aromatic nitrogens is 2. The van der Waals surface area contributed by atoms with E-state index in [2.05, 4.69) is 10.2 Å². The molecule has 33 heavy (non-hydrogen) atoms. The molecule has 0 atom stereocenters. The molecule has 2 amide bonds. The van der Waals surface area contributed by atoms with Gasteiger partial charge >= 0.3 is 0 Å². The van der Waals surface area contributed by atoms with Crippen molar-refractivity contribution in [3.63, 3.8) is 0 Å². The van der Waals surface area contributed by atoms with E-state index in [9.17, 15) is 18.8 Å². The van der Waals surface area contributed by atoms with Crippen molar-refractivity contribution in [2.24, 2.45) is 5.92 Å². The van der Waals surface area contributed by atoms with Gasteiger partial charge < -0.3 is 9.80 Å². The number of hydrogen-bond acceptors (Lipinski definition) is 4. The fourth-order valence-corrected chi connectivity index (χ4v) is 5.01. The molecule has 1 aromatic carbocycles. The minimum atomic E-state index is -0.546. The Morgan fingerprint density at radius 2 is 1.73 bits per heavy atom. The monoisotopic (exact) mass is 452 g/mol. The van der Waals surface area contributed by atoms with Gasteiger partial charge in [0.1, 0.15) is 5.82 Å². The van der Waals surface area contributed by atoms with E-state index in [0.29, 0.717) is 39.0 Å². The summed E-state index contributed by atoms with van der Waals surface area (Å²) in [7, 11) is 0. The number of carbonyl (C=O) groups is 2. The first kappa shape index (κ1) is 21.8. The van der Waals surface area contributed by atoms with Gasteiger partial charge in [0.2, 0.25) is 5.91 Å². The van der Waals surface area contributed by atoms with Gasteiger partial charge in [-0.3, -0.25) is 14.4 Å². The molecule has 3 aliphatic rings. The van der Waals surface area contributed by atoms with Crippen LogP contribution in [0.3, 0.4) is 0 Å². The largest absolute Gasteiger partial charge is 0.341 e. The number of halogens is 1. The summed E-state index contributed by atoms with van der Waals surface area (Å²) in [4.78, 5) is 41.2. The SMILES string of the molecule is O=C(c1cc(Cc2n[nH]c(=O)c3c2CCCC3)ccc1F)N1CCCN(C(=O)C2CC2)CC1. The number of amides is 2. The lowest BCUT2D eigenvalue weighted by atomic mass is 9.90. The predicted octanol–water partition coefficient (Wildman–Crippen LogP) is 2.46. The molecule has 8 heteroatoms. The topological polar surface area (TPSA) is 86.4 Å². The molecular formula is C25H29FN4O3. The van der Waals surface area contributed by atoms with Gasteiger partial charge in [0.05, 0.1) is 11.3 Å². The van der Waals surface area contributed by atoms with Crippen LogP contribution in [0.4, 0.5) is 4.39 Å². The maximum atomic E-state index is 14.7. The summed E-state index contributed by atoms with van der Waals surface area (Å²) in [5.41, 5.74) is 3.30. The molecule has 2 aromatic rings. The first-order chi connectivity index (χ1) is 16.0. The lowest BCUT2D eigenvalue weighted by molar-refractivity contribution is -0.132. The molecule has 1 aliphatic heterocycles. The summed E-state index contributed by atoms with van der Waals surface area (Å²) < 4.78 is 14.7. The summed E-state index contributed by atoms with van der Waals surface area (Å²) in [6, 6.07) is 4.62. The van der Waals surface area contributed by atoms with Gasteiger partial charge in [-0.1, -0.05) is 6.07 Å². The smallest absolute Gasteiger partial charge is 0.267 e. The van der Waals surface area contributed by atoms with E-state index in [0.717, 1.165) is 60.9 Å². The zero-order valence-electron chi connectivity index (χ0n) is 18.7. The number of benzene rings is 1. The Hall–Kier alpha value is -3.03. The fourth-order valence-electron chi connectivity index (χ4n) is 5.01. The lowest BCUT2D eigenvalue weighted by Gasteiger charge is -2.22. The molecule has 7 nitrogen and oxygen atoms in total. The molecule has 2 fully saturated rings.